The summed E-state index contributed by atoms with van der Waals surface area (Å²) in [5, 5.41) is 9.65. The Morgan fingerprint density at radius 2 is 1.48 bits per heavy atom. The fourth-order valence-corrected chi connectivity index (χ4v) is 3.57. The number of ketones is 2. The molecule has 3 rings (SSSR count). The molecule has 1 heterocycles. The van der Waals surface area contributed by atoms with E-state index in [-0.39, 0.29) is 42.1 Å². The molecular weight excluding hydrogens is 544 g/mol. The highest BCUT2D eigenvalue weighted by Crippen LogP contribution is 2.29. The Morgan fingerprint density at radius 1 is 0.857 bits per heavy atom. The van der Waals surface area contributed by atoms with Crippen molar-refractivity contribution in [1.29, 1.82) is 0 Å². The molecule has 0 aliphatic heterocycles. The van der Waals surface area contributed by atoms with Crippen LogP contribution >= 0.6 is 0 Å². The van der Waals surface area contributed by atoms with E-state index in [4.69, 9.17) is 18.9 Å². The highest BCUT2D eigenvalue weighted by molar-refractivity contribution is 6.10. The molecule has 11 nitrogen and oxygen atoms in total. The number of phenols is 1. The average Bonchev–Trinajstić information content (AvgIpc) is 2.98. The summed E-state index contributed by atoms with van der Waals surface area (Å²) in [7, 11) is 6.09. The first kappa shape index (κ1) is 31.1. The molecule has 0 saturated carbocycles. The molecule has 42 heavy (non-hydrogen) atoms. The van der Waals surface area contributed by atoms with Gasteiger partial charge in [0.25, 0.3) is 12.6 Å². The number of hydrogen-bond donors (Lipinski definition) is 1. The van der Waals surface area contributed by atoms with E-state index in [1.807, 2.05) is 0 Å². The van der Waals surface area contributed by atoms with Crippen LogP contribution in [0.5, 0.6) is 23.0 Å². The van der Waals surface area contributed by atoms with E-state index >= 15 is 0 Å². The van der Waals surface area contributed by atoms with Gasteiger partial charge in [-0.3, -0.25) is 14.4 Å². The van der Waals surface area contributed by atoms with Gasteiger partial charge in [0, 0.05) is 20.2 Å². The predicted octanol–water partition coefficient (Wildman–Crippen LogP) is 3.83. The van der Waals surface area contributed by atoms with Crippen LogP contribution in [-0.2, 0) is 21.1 Å². The molecule has 0 fully saturated rings. The van der Waals surface area contributed by atoms with E-state index in [9.17, 15) is 24.3 Å². The molecule has 0 unspecified atom stereocenters. The smallest absolute Gasteiger partial charge is 0.504 e. The second-order valence-corrected chi connectivity index (χ2v) is 9.05. The van der Waals surface area contributed by atoms with Crippen LogP contribution in [0, 0.1) is 0 Å². The number of ether oxygens (including phenoxy) is 4. The molecule has 0 spiro atoms. The highest BCUT2D eigenvalue weighted by atomic mass is 16.7. The maximum atomic E-state index is 12.3. The number of methoxy groups -OCH3 is 2. The van der Waals surface area contributed by atoms with E-state index < -0.39 is 17.7 Å². The fourth-order valence-electron chi connectivity index (χ4n) is 3.57. The van der Waals surface area contributed by atoms with Gasteiger partial charge in [-0.05, 0) is 53.6 Å². The van der Waals surface area contributed by atoms with Gasteiger partial charge in [0.2, 0.25) is 0 Å². The molecular formula is C31H31N2O9+. The highest BCUT2D eigenvalue weighted by Gasteiger charge is 2.16. The standard InChI is InChI=1S/C31H30N2O9/c1-32(2)30(37)23-6-5-15-33(19-23)20-41-31(38)42-27-14-10-22(17-29(27)40-4)8-12-25(35)18-24(34)11-7-21-9-13-26(36)28(16-21)39-3/h5-17,19H,18,20H2,1-4H3/p+1/b12-8+. The third-order valence-electron chi connectivity index (χ3n) is 5.70. The van der Waals surface area contributed by atoms with E-state index in [1.54, 1.807) is 62.9 Å². The van der Waals surface area contributed by atoms with Crippen molar-refractivity contribution in [2.45, 2.75) is 13.2 Å². The minimum atomic E-state index is -0.985. The van der Waals surface area contributed by atoms with E-state index in [1.165, 1.54) is 60.1 Å². The number of hydrogen-bond acceptors (Lipinski definition) is 9. The number of phenolic OH excluding ortho intramolecular Hbond substituents is 1. The molecule has 218 valence electrons. The second-order valence-electron chi connectivity index (χ2n) is 9.05. The van der Waals surface area contributed by atoms with Gasteiger partial charge in [0.15, 0.2) is 47.0 Å². The molecule has 0 atom stereocenters. The Labute approximate surface area is 242 Å². The van der Waals surface area contributed by atoms with Crippen molar-refractivity contribution in [3.8, 4) is 23.0 Å². The zero-order valence-electron chi connectivity index (χ0n) is 23.6. The zero-order valence-corrected chi connectivity index (χ0v) is 23.6. The van der Waals surface area contributed by atoms with Crippen LogP contribution in [0.2, 0.25) is 0 Å². The number of nitrogens with zero attached hydrogens (tertiary/aromatic N) is 2. The first-order chi connectivity index (χ1) is 20.1. The van der Waals surface area contributed by atoms with Crippen molar-refractivity contribution >= 4 is 35.8 Å². The summed E-state index contributed by atoms with van der Waals surface area (Å²) in [6.07, 6.45) is 7.45. The quantitative estimate of drug-likeness (QED) is 0.112. The molecule has 1 aromatic heterocycles. The number of rotatable bonds is 12. The number of amides is 1. The maximum absolute atomic E-state index is 12.3. The Morgan fingerprint density at radius 3 is 2.10 bits per heavy atom. The molecule has 0 aliphatic rings. The molecule has 0 radical (unpaired) electrons. The summed E-state index contributed by atoms with van der Waals surface area (Å²) in [6.45, 7) is -0.185. The van der Waals surface area contributed by atoms with Crippen LogP contribution in [0.15, 0.2) is 73.1 Å². The van der Waals surface area contributed by atoms with Crippen LogP contribution < -0.4 is 18.8 Å². The van der Waals surface area contributed by atoms with Crippen molar-refractivity contribution in [2.75, 3.05) is 28.3 Å². The summed E-state index contributed by atoms with van der Waals surface area (Å²) in [5.74, 6) is -0.437. The summed E-state index contributed by atoms with van der Waals surface area (Å²) >= 11 is 0. The van der Waals surface area contributed by atoms with Gasteiger partial charge < -0.3 is 29.0 Å². The fraction of sp³-hybridized carbons (Fsp3) is 0.194. The second kappa shape index (κ2) is 14.8. The van der Waals surface area contributed by atoms with Crippen LogP contribution in [-0.4, -0.2) is 62.0 Å². The summed E-state index contributed by atoms with van der Waals surface area (Å²) in [6, 6.07) is 12.6. The van der Waals surface area contributed by atoms with Crippen LogP contribution in [0.25, 0.3) is 12.2 Å². The van der Waals surface area contributed by atoms with Crippen molar-refractivity contribution in [2.24, 2.45) is 0 Å². The number of allylic oxidation sites excluding steroid dienone is 2. The predicted molar refractivity (Wildman–Crippen MR) is 152 cm³/mol. The first-order valence-corrected chi connectivity index (χ1v) is 12.6. The monoisotopic (exact) mass is 575 g/mol. The van der Waals surface area contributed by atoms with E-state index in [2.05, 4.69) is 0 Å². The molecule has 0 bridgehead atoms. The Kier molecular flexibility index (Phi) is 11.0. The molecule has 1 amide bonds. The Bertz CT molecular complexity index is 1530. The van der Waals surface area contributed by atoms with Gasteiger partial charge >= 0.3 is 6.16 Å². The Hall–Kier alpha value is -5.45. The minimum absolute atomic E-state index is 0.0198. The van der Waals surface area contributed by atoms with Crippen molar-refractivity contribution in [1.82, 2.24) is 4.90 Å². The zero-order chi connectivity index (χ0) is 30.6. The van der Waals surface area contributed by atoms with Gasteiger partial charge in [0.05, 0.1) is 20.6 Å². The van der Waals surface area contributed by atoms with Gasteiger partial charge in [0.1, 0.15) is 5.56 Å². The number of aromatic hydroxyl groups is 1. The maximum Gasteiger partial charge on any atom is 0.518 e. The number of carbonyl (C=O) groups excluding carboxylic acids is 4. The summed E-state index contributed by atoms with van der Waals surface area (Å²) < 4.78 is 22.2. The lowest BCUT2D eigenvalue weighted by Gasteiger charge is -2.10. The normalized spacial score (nSPS) is 10.9. The van der Waals surface area contributed by atoms with Crippen molar-refractivity contribution in [3.63, 3.8) is 0 Å². The minimum Gasteiger partial charge on any atom is -0.504 e. The number of aromatic nitrogens is 1. The lowest BCUT2D eigenvalue weighted by molar-refractivity contribution is -0.727. The molecule has 1 N–H and O–H groups in total. The largest absolute Gasteiger partial charge is 0.518 e. The van der Waals surface area contributed by atoms with Gasteiger partial charge in [-0.15, -0.1) is 0 Å². The van der Waals surface area contributed by atoms with Crippen LogP contribution in [0.1, 0.15) is 27.9 Å². The molecule has 11 heteroatoms. The Balaban J connectivity index is 1.54. The van der Waals surface area contributed by atoms with Crippen molar-refractivity contribution in [3.05, 3.63) is 89.8 Å². The number of carbonyl (C=O) groups is 4. The SMILES string of the molecule is COc1cc(/C=C/C(=O)CC(=O)/C=C/c2ccc(OC(=O)OC[n+]3cccc(C(=O)N(C)C)c3)c(OC)c2)ccc1O. The first-order valence-electron chi connectivity index (χ1n) is 12.6. The number of benzene rings is 2. The van der Waals surface area contributed by atoms with Crippen molar-refractivity contribution < 1.29 is 47.8 Å². The topological polar surface area (TPSA) is 133 Å². The third-order valence-corrected chi connectivity index (χ3v) is 5.70. The van der Waals surface area contributed by atoms with Gasteiger partial charge in [-0.25, -0.2) is 4.79 Å². The molecule has 3 aromatic rings. The lowest BCUT2D eigenvalue weighted by atomic mass is 10.1. The van der Waals surface area contributed by atoms with Crippen LogP contribution in [0.4, 0.5) is 4.79 Å². The molecule has 0 aliphatic carbocycles. The number of pyridine rings is 1. The average molecular weight is 576 g/mol. The van der Waals surface area contributed by atoms with E-state index in [0.29, 0.717) is 16.7 Å². The summed E-state index contributed by atoms with van der Waals surface area (Å²) in [4.78, 5) is 50.3. The van der Waals surface area contributed by atoms with Gasteiger partial charge in [-0.2, -0.15) is 4.57 Å². The third kappa shape index (κ3) is 9.05. The summed E-state index contributed by atoms with van der Waals surface area (Å²) in [5.41, 5.74) is 1.63. The van der Waals surface area contributed by atoms with E-state index in [0.717, 1.165) is 0 Å². The molecule has 0 saturated heterocycles. The lowest BCUT2D eigenvalue weighted by Crippen LogP contribution is -2.37. The van der Waals surface area contributed by atoms with Gasteiger partial charge in [-0.1, -0.05) is 24.3 Å². The van der Waals surface area contributed by atoms with Crippen LogP contribution in [0.3, 0.4) is 0 Å². The molecule has 2 aromatic carbocycles.